The van der Waals surface area contributed by atoms with Gasteiger partial charge < -0.3 is 10.4 Å². The van der Waals surface area contributed by atoms with Gasteiger partial charge in [-0.25, -0.2) is 13.6 Å². The minimum absolute atomic E-state index is 0.261. The fourth-order valence-corrected chi connectivity index (χ4v) is 1.50. The lowest BCUT2D eigenvalue weighted by Crippen LogP contribution is -2.26. The van der Waals surface area contributed by atoms with Crippen LogP contribution >= 0.6 is 0 Å². The number of hydrogen-bond acceptors (Lipinski definition) is 1. The van der Waals surface area contributed by atoms with Crippen LogP contribution in [0, 0.1) is 5.82 Å². The summed E-state index contributed by atoms with van der Waals surface area (Å²) >= 11 is 0. The highest BCUT2D eigenvalue weighted by Crippen LogP contribution is 2.33. The van der Waals surface area contributed by atoms with Crippen molar-refractivity contribution in [1.29, 1.82) is 0 Å². The molecule has 0 aliphatic heterocycles. The van der Waals surface area contributed by atoms with Gasteiger partial charge in [-0.3, -0.25) is 0 Å². The van der Waals surface area contributed by atoms with Gasteiger partial charge in [0.1, 0.15) is 5.82 Å². The van der Waals surface area contributed by atoms with Crippen molar-refractivity contribution in [3.05, 3.63) is 35.1 Å². The quantitative estimate of drug-likeness (QED) is 0.821. The highest BCUT2D eigenvalue weighted by Gasteiger charge is 2.36. The molecule has 0 spiro atoms. The van der Waals surface area contributed by atoms with E-state index in [1.165, 1.54) is 6.92 Å². The van der Waals surface area contributed by atoms with Crippen molar-refractivity contribution in [3.8, 4) is 0 Å². The third-order valence-corrected chi connectivity index (χ3v) is 2.40. The summed E-state index contributed by atoms with van der Waals surface area (Å²) in [5.41, 5.74) is -1.34. The molecule has 0 unspecified atom stereocenters. The van der Waals surface area contributed by atoms with Crippen molar-refractivity contribution >= 4 is 6.09 Å². The Kier molecular flexibility index (Phi) is 4.15. The van der Waals surface area contributed by atoms with Crippen LogP contribution in [-0.2, 0) is 5.92 Å². The molecule has 7 heteroatoms. The normalized spacial score (nSPS) is 13.2. The fourth-order valence-electron chi connectivity index (χ4n) is 1.50. The zero-order valence-corrected chi connectivity index (χ0v) is 9.38. The summed E-state index contributed by atoms with van der Waals surface area (Å²) in [5.74, 6) is -5.23. The predicted molar refractivity (Wildman–Crippen MR) is 55.8 cm³/mol. The first kappa shape index (κ1) is 14.3. The van der Waals surface area contributed by atoms with Gasteiger partial charge in [0.2, 0.25) is 0 Å². The molecule has 0 radical (unpaired) electrons. The van der Waals surface area contributed by atoms with Crippen LogP contribution in [0.2, 0.25) is 0 Å². The standard InChI is InChI=1S/C11H11F4NO2/c1-6(16-10(17)18)7-3-2-4-8(9(7)13)11(14,15)5-12/h2-4,6,16H,5H2,1H3,(H,17,18)/t6-/m1/s1. The lowest BCUT2D eigenvalue weighted by atomic mass is 10.0. The molecule has 1 atom stereocenters. The van der Waals surface area contributed by atoms with E-state index in [9.17, 15) is 22.4 Å². The molecular weight excluding hydrogens is 254 g/mol. The van der Waals surface area contributed by atoms with Gasteiger partial charge >= 0.3 is 12.0 Å². The van der Waals surface area contributed by atoms with Crippen LogP contribution < -0.4 is 5.32 Å². The minimum Gasteiger partial charge on any atom is -0.465 e. The molecular formula is C11H11F4NO2. The number of alkyl halides is 3. The molecule has 0 saturated carbocycles. The van der Waals surface area contributed by atoms with E-state index >= 15 is 0 Å². The summed E-state index contributed by atoms with van der Waals surface area (Å²) in [4.78, 5) is 10.4. The van der Waals surface area contributed by atoms with Gasteiger partial charge in [0.25, 0.3) is 0 Å². The van der Waals surface area contributed by atoms with E-state index in [2.05, 4.69) is 0 Å². The Hall–Kier alpha value is -1.79. The van der Waals surface area contributed by atoms with E-state index in [1.807, 2.05) is 5.32 Å². The van der Waals surface area contributed by atoms with Crippen LogP contribution in [0.25, 0.3) is 0 Å². The number of carboxylic acid groups (broad SMARTS) is 1. The maximum Gasteiger partial charge on any atom is 0.405 e. The van der Waals surface area contributed by atoms with E-state index in [4.69, 9.17) is 5.11 Å². The van der Waals surface area contributed by atoms with Gasteiger partial charge in [0.15, 0.2) is 6.67 Å². The van der Waals surface area contributed by atoms with E-state index < -0.39 is 36.1 Å². The van der Waals surface area contributed by atoms with Crippen molar-refractivity contribution in [2.75, 3.05) is 6.67 Å². The van der Waals surface area contributed by atoms with E-state index in [1.54, 1.807) is 0 Å². The number of hydrogen-bond donors (Lipinski definition) is 2. The maximum absolute atomic E-state index is 13.8. The second kappa shape index (κ2) is 5.24. The number of amides is 1. The minimum atomic E-state index is -3.93. The molecule has 3 nitrogen and oxygen atoms in total. The van der Waals surface area contributed by atoms with E-state index in [0.29, 0.717) is 0 Å². The van der Waals surface area contributed by atoms with Crippen LogP contribution in [0.3, 0.4) is 0 Å². The summed E-state index contributed by atoms with van der Waals surface area (Å²) in [7, 11) is 0. The van der Waals surface area contributed by atoms with Crippen molar-refractivity contribution in [3.63, 3.8) is 0 Å². The van der Waals surface area contributed by atoms with Crippen LogP contribution in [0.4, 0.5) is 22.4 Å². The molecule has 0 bridgehead atoms. The van der Waals surface area contributed by atoms with Crippen LogP contribution in [0.15, 0.2) is 18.2 Å². The van der Waals surface area contributed by atoms with Crippen molar-refractivity contribution < 1.29 is 27.5 Å². The Morgan fingerprint density at radius 2 is 2.11 bits per heavy atom. The van der Waals surface area contributed by atoms with Crippen LogP contribution in [-0.4, -0.2) is 17.9 Å². The Morgan fingerprint density at radius 1 is 1.50 bits per heavy atom. The smallest absolute Gasteiger partial charge is 0.405 e. The first-order chi connectivity index (χ1) is 8.29. The largest absolute Gasteiger partial charge is 0.465 e. The molecule has 0 aliphatic rings. The highest BCUT2D eigenvalue weighted by atomic mass is 19.3. The molecule has 0 aliphatic carbocycles. The molecule has 100 valence electrons. The second-order valence-corrected chi connectivity index (χ2v) is 3.72. The summed E-state index contributed by atoms with van der Waals surface area (Å²) in [6.45, 7) is -0.724. The summed E-state index contributed by atoms with van der Waals surface area (Å²) in [6, 6.07) is 2.04. The molecule has 1 amide bonds. The Labute approximate surface area is 100 Å². The lowest BCUT2D eigenvalue weighted by Gasteiger charge is -2.18. The van der Waals surface area contributed by atoms with Crippen LogP contribution in [0.1, 0.15) is 24.1 Å². The molecule has 1 aromatic carbocycles. The zero-order valence-electron chi connectivity index (χ0n) is 9.38. The van der Waals surface area contributed by atoms with Crippen molar-refractivity contribution in [2.24, 2.45) is 0 Å². The molecule has 1 aromatic rings. The number of nitrogens with one attached hydrogen (secondary N) is 1. The first-order valence-corrected chi connectivity index (χ1v) is 5.01. The molecule has 0 heterocycles. The SMILES string of the molecule is C[C@@H](NC(=O)O)c1cccc(C(F)(F)CF)c1F. The highest BCUT2D eigenvalue weighted by molar-refractivity contribution is 5.65. The topological polar surface area (TPSA) is 49.3 Å². The lowest BCUT2D eigenvalue weighted by molar-refractivity contribution is -0.0313. The van der Waals surface area contributed by atoms with Gasteiger partial charge in [-0.05, 0) is 13.0 Å². The summed E-state index contributed by atoms with van der Waals surface area (Å²) in [5, 5.41) is 10.4. The average Bonchev–Trinajstić information content (AvgIpc) is 2.28. The third kappa shape index (κ3) is 2.91. The molecule has 0 aromatic heterocycles. The summed E-state index contributed by atoms with van der Waals surface area (Å²) in [6.07, 6.45) is -1.41. The molecule has 18 heavy (non-hydrogen) atoms. The third-order valence-electron chi connectivity index (χ3n) is 2.40. The average molecular weight is 265 g/mol. The Balaban J connectivity index is 3.17. The monoisotopic (exact) mass is 265 g/mol. The van der Waals surface area contributed by atoms with Gasteiger partial charge in [-0.2, -0.15) is 8.78 Å². The Morgan fingerprint density at radius 3 is 2.61 bits per heavy atom. The maximum atomic E-state index is 13.8. The number of rotatable bonds is 4. The van der Waals surface area contributed by atoms with Gasteiger partial charge in [-0.15, -0.1) is 0 Å². The predicted octanol–water partition coefficient (Wildman–Crippen LogP) is 3.22. The number of benzene rings is 1. The molecule has 0 fully saturated rings. The molecule has 0 saturated heterocycles. The fraction of sp³-hybridized carbons (Fsp3) is 0.364. The Bertz CT molecular complexity index is 451. The van der Waals surface area contributed by atoms with Gasteiger partial charge in [0, 0.05) is 5.56 Å². The molecule has 2 N–H and O–H groups in total. The number of carbonyl (C=O) groups is 1. The van der Waals surface area contributed by atoms with Crippen molar-refractivity contribution in [1.82, 2.24) is 5.32 Å². The van der Waals surface area contributed by atoms with Gasteiger partial charge in [0.05, 0.1) is 11.6 Å². The van der Waals surface area contributed by atoms with Crippen LogP contribution in [0.5, 0.6) is 0 Å². The number of halogens is 4. The summed E-state index contributed by atoms with van der Waals surface area (Å²) < 4.78 is 52.1. The van der Waals surface area contributed by atoms with Crippen molar-refractivity contribution in [2.45, 2.75) is 18.9 Å². The first-order valence-electron chi connectivity index (χ1n) is 5.01. The van der Waals surface area contributed by atoms with E-state index in [0.717, 1.165) is 18.2 Å². The second-order valence-electron chi connectivity index (χ2n) is 3.72. The van der Waals surface area contributed by atoms with E-state index in [-0.39, 0.29) is 5.56 Å². The molecule has 1 rings (SSSR count). The van der Waals surface area contributed by atoms with Gasteiger partial charge in [-0.1, -0.05) is 12.1 Å². The zero-order chi connectivity index (χ0) is 13.9.